The van der Waals surface area contributed by atoms with E-state index in [-0.39, 0.29) is 17.5 Å². The molecule has 1 heterocycles. The molecule has 7 heteroatoms. The van der Waals surface area contributed by atoms with Crippen molar-refractivity contribution in [1.29, 1.82) is 0 Å². The molecule has 2 rings (SSSR count). The number of aryl methyl sites for hydroxylation is 1. The van der Waals surface area contributed by atoms with E-state index >= 15 is 0 Å². The second-order valence-electron chi connectivity index (χ2n) is 5.26. The molecule has 0 amide bonds. The number of hydrogen-bond acceptors (Lipinski definition) is 5. The van der Waals surface area contributed by atoms with Crippen LogP contribution in [0.25, 0.3) is 0 Å². The monoisotopic (exact) mass is 313 g/mol. The number of morpholine rings is 1. The molecule has 1 unspecified atom stereocenters. The van der Waals surface area contributed by atoms with Crippen molar-refractivity contribution in [2.45, 2.75) is 24.8 Å². The maximum absolute atomic E-state index is 12.4. The van der Waals surface area contributed by atoms with Crippen molar-refractivity contribution in [2.24, 2.45) is 0 Å². The standard InChI is InChI=1S/C14H23N3O3S/c1-3-17-6-7-20-13(10-17)9-16-21(18,19)14-8-12(15)5-4-11(14)2/h4-5,8,13,16H,3,6-7,9-10,15H2,1-2H3. The summed E-state index contributed by atoms with van der Waals surface area (Å²) in [5, 5.41) is 0. The number of benzene rings is 1. The van der Waals surface area contributed by atoms with E-state index in [0.717, 1.165) is 19.6 Å². The number of nitrogens with zero attached hydrogens (tertiary/aromatic N) is 1. The highest BCUT2D eigenvalue weighted by Gasteiger charge is 2.23. The lowest BCUT2D eigenvalue weighted by atomic mass is 10.2. The summed E-state index contributed by atoms with van der Waals surface area (Å²) in [5.41, 5.74) is 6.79. The molecule has 1 saturated heterocycles. The van der Waals surface area contributed by atoms with Crippen molar-refractivity contribution in [3.63, 3.8) is 0 Å². The molecule has 0 radical (unpaired) electrons. The van der Waals surface area contributed by atoms with Crippen LogP contribution in [0.4, 0.5) is 5.69 Å². The minimum atomic E-state index is -3.57. The Labute approximate surface area is 126 Å². The van der Waals surface area contributed by atoms with Gasteiger partial charge in [-0.3, -0.25) is 4.90 Å². The second kappa shape index (κ2) is 6.74. The molecule has 1 aliphatic heterocycles. The molecule has 1 atom stereocenters. The molecular weight excluding hydrogens is 290 g/mol. The highest BCUT2D eigenvalue weighted by molar-refractivity contribution is 7.89. The minimum Gasteiger partial charge on any atom is -0.399 e. The molecule has 3 N–H and O–H groups in total. The summed E-state index contributed by atoms with van der Waals surface area (Å²) >= 11 is 0. The summed E-state index contributed by atoms with van der Waals surface area (Å²) in [7, 11) is -3.57. The number of nitrogens with one attached hydrogen (secondary N) is 1. The summed E-state index contributed by atoms with van der Waals surface area (Å²) in [6.07, 6.45) is -0.116. The molecular formula is C14H23N3O3S. The third kappa shape index (κ3) is 4.16. The first kappa shape index (κ1) is 16.2. The molecule has 0 aliphatic carbocycles. The number of nitrogen functional groups attached to an aromatic ring is 1. The van der Waals surface area contributed by atoms with E-state index in [2.05, 4.69) is 16.5 Å². The maximum Gasteiger partial charge on any atom is 0.240 e. The average molecular weight is 313 g/mol. The van der Waals surface area contributed by atoms with Crippen LogP contribution in [-0.2, 0) is 14.8 Å². The first-order valence-electron chi connectivity index (χ1n) is 7.12. The van der Waals surface area contributed by atoms with Crippen LogP contribution in [0.5, 0.6) is 0 Å². The largest absolute Gasteiger partial charge is 0.399 e. The fourth-order valence-corrected chi connectivity index (χ4v) is 3.72. The van der Waals surface area contributed by atoms with Crippen molar-refractivity contribution in [2.75, 3.05) is 38.5 Å². The van der Waals surface area contributed by atoms with Crippen LogP contribution in [-0.4, -0.2) is 52.2 Å². The minimum absolute atomic E-state index is 0.116. The van der Waals surface area contributed by atoms with Crippen molar-refractivity contribution in [3.05, 3.63) is 23.8 Å². The number of anilines is 1. The van der Waals surface area contributed by atoms with Gasteiger partial charge < -0.3 is 10.5 Å². The van der Waals surface area contributed by atoms with Gasteiger partial charge in [0.1, 0.15) is 0 Å². The van der Waals surface area contributed by atoms with Crippen LogP contribution in [0.15, 0.2) is 23.1 Å². The van der Waals surface area contributed by atoms with Crippen LogP contribution in [0, 0.1) is 6.92 Å². The maximum atomic E-state index is 12.4. The van der Waals surface area contributed by atoms with Crippen LogP contribution < -0.4 is 10.5 Å². The van der Waals surface area contributed by atoms with Gasteiger partial charge in [0.2, 0.25) is 10.0 Å². The molecule has 0 saturated carbocycles. The predicted molar refractivity (Wildman–Crippen MR) is 82.6 cm³/mol. The Hall–Kier alpha value is -1.15. The van der Waals surface area contributed by atoms with E-state index in [0.29, 0.717) is 17.9 Å². The number of rotatable bonds is 5. The molecule has 1 fully saturated rings. The fraction of sp³-hybridized carbons (Fsp3) is 0.571. The van der Waals surface area contributed by atoms with Crippen molar-refractivity contribution < 1.29 is 13.2 Å². The summed E-state index contributed by atoms with van der Waals surface area (Å²) in [6.45, 7) is 7.33. The van der Waals surface area contributed by atoms with Crippen LogP contribution in [0.1, 0.15) is 12.5 Å². The highest BCUT2D eigenvalue weighted by Crippen LogP contribution is 2.18. The van der Waals surface area contributed by atoms with E-state index in [9.17, 15) is 8.42 Å². The van der Waals surface area contributed by atoms with Gasteiger partial charge in [0.05, 0.1) is 17.6 Å². The SMILES string of the molecule is CCN1CCOC(CNS(=O)(=O)c2cc(N)ccc2C)C1. The van der Waals surface area contributed by atoms with Crippen LogP contribution in [0.2, 0.25) is 0 Å². The Morgan fingerprint density at radius 2 is 2.24 bits per heavy atom. The van der Waals surface area contributed by atoms with Crippen LogP contribution in [0.3, 0.4) is 0 Å². The van der Waals surface area contributed by atoms with Crippen molar-refractivity contribution in [1.82, 2.24) is 9.62 Å². The lowest BCUT2D eigenvalue weighted by molar-refractivity contribution is -0.0229. The molecule has 6 nitrogen and oxygen atoms in total. The molecule has 1 aromatic rings. The average Bonchev–Trinajstić information content (AvgIpc) is 2.48. The first-order chi connectivity index (χ1) is 9.92. The summed E-state index contributed by atoms with van der Waals surface area (Å²) < 4.78 is 33.0. The Morgan fingerprint density at radius 1 is 1.48 bits per heavy atom. The third-order valence-electron chi connectivity index (χ3n) is 3.67. The lowest BCUT2D eigenvalue weighted by Gasteiger charge is -2.32. The summed E-state index contributed by atoms with van der Waals surface area (Å²) in [5.74, 6) is 0. The zero-order valence-corrected chi connectivity index (χ0v) is 13.3. The fourth-order valence-electron chi connectivity index (χ4n) is 2.38. The molecule has 0 bridgehead atoms. The number of ether oxygens (including phenoxy) is 1. The van der Waals surface area contributed by atoms with Gasteiger partial charge in [0.25, 0.3) is 0 Å². The second-order valence-corrected chi connectivity index (χ2v) is 7.00. The number of sulfonamides is 1. The van der Waals surface area contributed by atoms with Gasteiger partial charge in [-0.1, -0.05) is 13.0 Å². The molecule has 1 aliphatic rings. The number of hydrogen-bond donors (Lipinski definition) is 2. The predicted octanol–water partition coefficient (Wildman–Crippen LogP) is 0.576. The van der Waals surface area contributed by atoms with E-state index in [1.807, 2.05) is 0 Å². The third-order valence-corrected chi connectivity index (χ3v) is 5.24. The highest BCUT2D eigenvalue weighted by atomic mass is 32.2. The molecule has 21 heavy (non-hydrogen) atoms. The van der Waals surface area contributed by atoms with Gasteiger partial charge in [-0.15, -0.1) is 0 Å². The zero-order valence-electron chi connectivity index (χ0n) is 12.5. The number of likely N-dealkylation sites (N-methyl/N-ethyl adjacent to an activating group) is 1. The van der Waals surface area contributed by atoms with E-state index in [4.69, 9.17) is 10.5 Å². The molecule has 0 spiro atoms. The van der Waals surface area contributed by atoms with Gasteiger partial charge in [-0.2, -0.15) is 0 Å². The van der Waals surface area contributed by atoms with Gasteiger partial charge in [-0.25, -0.2) is 13.1 Å². The molecule has 1 aromatic carbocycles. The van der Waals surface area contributed by atoms with Crippen molar-refractivity contribution in [3.8, 4) is 0 Å². The Balaban J connectivity index is 2.03. The Bertz CT molecular complexity index is 589. The van der Waals surface area contributed by atoms with Crippen LogP contribution >= 0.6 is 0 Å². The Kier molecular flexibility index (Phi) is 5.21. The van der Waals surface area contributed by atoms with Gasteiger partial charge >= 0.3 is 0 Å². The summed E-state index contributed by atoms with van der Waals surface area (Å²) in [4.78, 5) is 2.47. The first-order valence-corrected chi connectivity index (χ1v) is 8.60. The quantitative estimate of drug-likeness (QED) is 0.777. The summed E-state index contributed by atoms with van der Waals surface area (Å²) in [6, 6.07) is 4.88. The normalized spacial score (nSPS) is 20.6. The molecule has 0 aromatic heterocycles. The lowest BCUT2D eigenvalue weighted by Crippen LogP contribution is -2.47. The molecule has 118 valence electrons. The van der Waals surface area contributed by atoms with Gasteiger partial charge in [0.15, 0.2) is 0 Å². The van der Waals surface area contributed by atoms with Gasteiger partial charge in [0, 0.05) is 25.3 Å². The topological polar surface area (TPSA) is 84.7 Å². The van der Waals surface area contributed by atoms with E-state index < -0.39 is 10.0 Å². The number of nitrogens with two attached hydrogens (primary N) is 1. The zero-order chi connectivity index (χ0) is 15.5. The Morgan fingerprint density at radius 3 is 2.95 bits per heavy atom. The smallest absolute Gasteiger partial charge is 0.240 e. The van der Waals surface area contributed by atoms with E-state index in [1.165, 1.54) is 6.07 Å². The van der Waals surface area contributed by atoms with Gasteiger partial charge in [-0.05, 0) is 31.2 Å². The van der Waals surface area contributed by atoms with Crippen molar-refractivity contribution >= 4 is 15.7 Å². The van der Waals surface area contributed by atoms with E-state index in [1.54, 1.807) is 19.1 Å².